The van der Waals surface area contributed by atoms with Gasteiger partial charge < -0.3 is 0 Å². The number of hydrogen-bond acceptors (Lipinski definition) is 3. The van der Waals surface area contributed by atoms with E-state index in [9.17, 15) is 9.59 Å². The van der Waals surface area contributed by atoms with Crippen molar-refractivity contribution in [1.82, 2.24) is 0 Å². The average molecular weight is 555 g/mol. The fraction of sp³-hybridized carbons (Fsp3) is 0.103. The Balaban J connectivity index is 1.30. The van der Waals surface area contributed by atoms with Gasteiger partial charge in [-0.15, -0.1) is 0 Å². The van der Waals surface area contributed by atoms with Crippen LogP contribution < -0.4 is 4.90 Å². The highest BCUT2D eigenvalue weighted by Crippen LogP contribution is 2.64. The van der Waals surface area contributed by atoms with Crippen molar-refractivity contribution in [2.45, 2.75) is 11.3 Å². The van der Waals surface area contributed by atoms with Crippen LogP contribution in [0.3, 0.4) is 0 Å². The Morgan fingerprint density at radius 1 is 0.605 bits per heavy atom. The molecule has 1 heterocycles. The molecule has 0 unspecified atom stereocenters. The molecule has 0 spiro atoms. The van der Waals surface area contributed by atoms with Crippen molar-refractivity contribution in [2.24, 2.45) is 16.8 Å². The molecule has 0 N–H and O–H groups in total. The van der Waals surface area contributed by atoms with Gasteiger partial charge in [0.05, 0.1) is 28.6 Å². The number of fused-ring (bicyclic) bond motifs is 2. The lowest BCUT2D eigenvalue weighted by molar-refractivity contribution is -0.122. The number of carbonyl (C=O) groups is 2. The van der Waals surface area contributed by atoms with Crippen molar-refractivity contribution < 1.29 is 9.59 Å². The molecule has 4 nitrogen and oxygen atoms in total. The van der Waals surface area contributed by atoms with Gasteiger partial charge in [-0.25, -0.2) is 4.90 Å². The SMILES string of the molecule is O=C1[C@@H]2[C@@H](C(=O)N1c1cccc3ccccc13)C1c3ccccc3C2(C=Nc2ccc3ccccc3c2)c2ccccc21. The van der Waals surface area contributed by atoms with Crippen molar-refractivity contribution in [2.75, 3.05) is 4.90 Å². The zero-order valence-electron chi connectivity index (χ0n) is 23.2. The van der Waals surface area contributed by atoms with Crippen LogP contribution in [0.1, 0.15) is 28.2 Å². The van der Waals surface area contributed by atoms with Gasteiger partial charge in [0.1, 0.15) is 0 Å². The molecule has 43 heavy (non-hydrogen) atoms. The molecule has 1 aliphatic heterocycles. The topological polar surface area (TPSA) is 49.7 Å². The maximum absolute atomic E-state index is 14.8. The Labute approximate surface area is 248 Å². The number of anilines is 1. The van der Waals surface area contributed by atoms with Crippen molar-refractivity contribution in [3.63, 3.8) is 0 Å². The lowest BCUT2D eigenvalue weighted by Crippen LogP contribution is -2.54. The van der Waals surface area contributed by atoms with Crippen LogP contribution >= 0.6 is 0 Å². The Morgan fingerprint density at radius 3 is 2.00 bits per heavy atom. The standard InChI is InChI=1S/C39H26N2O2/c42-37-35-34-29-15-5-7-17-31(29)39(32-18-8-6-16-30(32)34,23-40-27-21-20-24-10-1-2-12-26(24)22-27)36(35)38(43)41(37)33-19-9-13-25-11-3-4-14-28(25)33/h1-23,34-36H/t34?,35-,36-,39?/m0/s1. The third-order valence-corrected chi connectivity index (χ3v) is 9.84. The minimum atomic E-state index is -0.898. The Morgan fingerprint density at radius 2 is 1.23 bits per heavy atom. The van der Waals surface area contributed by atoms with Gasteiger partial charge in [0.2, 0.25) is 11.8 Å². The summed E-state index contributed by atoms with van der Waals surface area (Å²) in [5.41, 5.74) is 4.90. The molecule has 6 aromatic rings. The molecule has 0 aromatic heterocycles. The van der Waals surface area contributed by atoms with E-state index in [1.165, 1.54) is 4.90 Å². The second-order valence-corrected chi connectivity index (χ2v) is 11.8. The van der Waals surface area contributed by atoms with Gasteiger partial charge in [0, 0.05) is 17.5 Å². The molecular formula is C39H26N2O2. The Kier molecular flexibility index (Phi) is 4.98. The summed E-state index contributed by atoms with van der Waals surface area (Å²) < 4.78 is 0. The van der Waals surface area contributed by atoms with Crippen molar-refractivity contribution in [1.29, 1.82) is 0 Å². The van der Waals surface area contributed by atoms with E-state index in [4.69, 9.17) is 4.99 Å². The van der Waals surface area contributed by atoms with E-state index < -0.39 is 17.3 Å². The number of rotatable bonds is 3. The minimum Gasteiger partial charge on any atom is -0.274 e. The van der Waals surface area contributed by atoms with E-state index in [1.807, 2.05) is 91.1 Å². The number of aliphatic imine (C=N–C) groups is 1. The number of imide groups is 1. The largest absolute Gasteiger partial charge is 0.274 e. The van der Waals surface area contributed by atoms with Crippen LogP contribution in [-0.4, -0.2) is 18.0 Å². The van der Waals surface area contributed by atoms with E-state index in [-0.39, 0.29) is 17.7 Å². The molecule has 0 radical (unpaired) electrons. The summed E-state index contributed by atoms with van der Waals surface area (Å²) in [6, 6.07) is 44.8. The summed E-state index contributed by atoms with van der Waals surface area (Å²) in [5, 5.41) is 4.15. The summed E-state index contributed by atoms with van der Waals surface area (Å²) >= 11 is 0. The third-order valence-electron chi connectivity index (χ3n) is 9.84. The van der Waals surface area contributed by atoms with E-state index in [2.05, 4.69) is 48.5 Å². The molecule has 2 bridgehead atoms. The van der Waals surface area contributed by atoms with Gasteiger partial charge in [-0.2, -0.15) is 0 Å². The summed E-state index contributed by atoms with van der Waals surface area (Å²) in [6.07, 6.45) is 1.97. The molecule has 1 saturated heterocycles. The average Bonchev–Trinajstić information content (AvgIpc) is 3.33. The third kappa shape index (κ3) is 3.18. The molecule has 204 valence electrons. The highest BCUT2D eigenvalue weighted by atomic mass is 16.2. The zero-order valence-corrected chi connectivity index (χ0v) is 23.2. The fourth-order valence-electron chi connectivity index (χ4n) is 8.12. The van der Waals surface area contributed by atoms with Crippen LogP contribution in [0.15, 0.2) is 138 Å². The van der Waals surface area contributed by atoms with E-state index in [1.54, 1.807) is 0 Å². The van der Waals surface area contributed by atoms with Gasteiger partial charge in [-0.05, 0) is 56.6 Å². The number of hydrogen-bond donors (Lipinski definition) is 0. The summed E-state index contributed by atoms with van der Waals surface area (Å²) in [7, 11) is 0. The van der Waals surface area contributed by atoms with Crippen LogP contribution in [0, 0.1) is 11.8 Å². The second-order valence-electron chi connectivity index (χ2n) is 11.8. The lowest BCUT2D eigenvalue weighted by atomic mass is 9.47. The molecule has 10 rings (SSSR count). The molecule has 6 aromatic carbocycles. The maximum Gasteiger partial charge on any atom is 0.239 e. The predicted molar refractivity (Wildman–Crippen MR) is 171 cm³/mol. The minimum absolute atomic E-state index is 0.135. The molecule has 4 heteroatoms. The quantitative estimate of drug-likeness (QED) is 0.165. The number of nitrogens with zero attached hydrogens (tertiary/aromatic N) is 2. The van der Waals surface area contributed by atoms with Crippen LogP contribution in [0.5, 0.6) is 0 Å². The second kappa shape index (κ2) is 8.83. The number of benzene rings is 6. The van der Waals surface area contributed by atoms with Crippen LogP contribution in [0.25, 0.3) is 21.5 Å². The highest BCUT2D eigenvalue weighted by molar-refractivity contribution is 6.27. The molecule has 0 saturated carbocycles. The molecule has 2 atom stereocenters. The number of amides is 2. The van der Waals surface area contributed by atoms with Gasteiger partial charge in [0.25, 0.3) is 0 Å². The molecule has 1 fully saturated rings. The summed E-state index contributed by atoms with van der Waals surface area (Å²) in [6.45, 7) is 0. The lowest BCUT2D eigenvalue weighted by Gasteiger charge is -2.52. The summed E-state index contributed by atoms with van der Waals surface area (Å²) in [4.78, 5) is 36.0. The maximum atomic E-state index is 14.8. The van der Waals surface area contributed by atoms with Crippen LogP contribution in [0.2, 0.25) is 0 Å². The molecular weight excluding hydrogens is 528 g/mol. The molecule has 3 aliphatic carbocycles. The van der Waals surface area contributed by atoms with Crippen molar-refractivity contribution in [3.05, 3.63) is 156 Å². The van der Waals surface area contributed by atoms with Crippen molar-refractivity contribution >= 4 is 50.9 Å². The smallest absolute Gasteiger partial charge is 0.239 e. The van der Waals surface area contributed by atoms with E-state index in [0.717, 1.165) is 49.5 Å². The normalized spacial score (nSPS) is 23.6. The monoisotopic (exact) mass is 554 g/mol. The van der Waals surface area contributed by atoms with Crippen molar-refractivity contribution in [3.8, 4) is 0 Å². The van der Waals surface area contributed by atoms with Crippen LogP contribution in [0.4, 0.5) is 11.4 Å². The first-order valence-electron chi connectivity index (χ1n) is 14.8. The first-order chi connectivity index (χ1) is 21.2. The summed E-state index contributed by atoms with van der Waals surface area (Å²) in [5.74, 6) is -1.64. The molecule has 2 amide bonds. The first-order valence-corrected chi connectivity index (χ1v) is 14.8. The highest BCUT2D eigenvalue weighted by Gasteiger charge is 2.68. The Bertz CT molecular complexity index is 2130. The zero-order chi connectivity index (χ0) is 28.7. The van der Waals surface area contributed by atoms with E-state index >= 15 is 0 Å². The molecule has 4 aliphatic rings. The van der Waals surface area contributed by atoms with E-state index in [0.29, 0.717) is 5.69 Å². The van der Waals surface area contributed by atoms with Gasteiger partial charge >= 0.3 is 0 Å². The predicted octanol–water partition coefficient (Wildman–Crippen LogP) is 7.95. The van der Waals surface area contributed by atoms with Crippen LogP contribution in [-0.2, 0) is 15.0 Å². The van der Waals surface area contributed by atoms with Gasteiger partial charge in [-0.3, -0.25) is 14.6 Å². The fourth-order valence-corrected chi connectivity index (χ4v) is 8.12. The first kappa shape index (κ1) is 24.3. The Hall–Kier alpha value is -5.35. The van der Waals surface area contributed by atoms with Gasteiger partial charge in [0.15, 0.2) is 0 Å². The van der Waals surface area contributed by atoms with Gasteiger partial charge in [-0.1, -0.05) is 115 Å². The number of carbonyl (C=O) groups excluding carboxylic acids is 2.